The van der Waals surface area contributed by atoms with Crippen molar-refractivity contribution in [2.24, 2.45) is 64.2 Å². The highest BCUT2D eigenvalue weighted by molar-refractivity contribution is 5.99. The first-order chi connectivity index (χ1) is 41.9. The summed E-state index contributed by atoms with van der Waals surface area (Å²) in [6.45, 7) is 4.88. The summed E-state index contributed by atoms with van der Waals surface area (Å²) < 4.78 is 0. The minimum absolute atomic E-state index is 0.00534. The number of nitrogens with one attached hydrogen (secondary N) is 11. The fourth-order valence-electron chi connectivity index (χ4n) is 12.7. The van der Waals surface area contributed by atoms with E-state index in [1.165, 1.54) is 20.3 Å². The summed E-state index contributed by atoms with van der Waals surface area (Å²) in [6, 6.07) is -6.17. The monoisotopic (exact) mass is 1240 g/mol. The molecule has 88 heavy (non-hydrogen) atoms. The molecule has 4 bridgehead atoms. The Balaban J connectivity index is 1.43. The predicted molar refractivity (Wildman–Crippen MR) is 323 cm³/mol. The van der Waals surface area contributed by atoms with E-state index in [2.05, 4.69) is 58.5 Å². The molecule has 0 spiro atoms. The Morgan fingerprint density at radius 3 is 1.52 bits per heavy atom. The number of hydrogen-bond donors (Lipinski definition) is 18. The second-order valence-electron chi connectivity index (χ2n) is 24.6. The van der Waals surface area contributed by atoms with Gasteiger partial charge in [-0.2, -0.15) is 0 Å². The standard InChI is InChI=1S/C59H98N16O13/c1-30(2)22-45-56(85)69-40(11-17-61)50(79)68-43(14-20-64)55(84)74-48(31(3)76)58(87)65-21-15-44(53(82)67-41(12-18-62)52(81)73-46(57(86)72-45)28-33-8-6-5-7-9-33)70-51(80)42(13-19-63)71-59(88)49(32(4)77)75-54(83)39(10-16-60)66-47(78)29-38-36-24-34-23-35(26-36)27-37(38)25-34/h5-9,30-32,34-46,48-49,76-77H,10-29,60-64H2,1-4H3,(H,65,87)(H,66,78)(H,67,82)(H,68,79)(H,69,85)(H,70,80)(H,71,88)(H,72,86)(H,73,81)(H,74,84)(H,75,83)/t31-,32-,34?,35?,36?,37?,38?,39+,40+,41+,42+,43+,44+,45+,46-,48+,49+/m1/s1. The molecule has 1 aliphatic heterocycles. The van der Waals surface area contributed by atoms with Gasteiger partial charge in [-0.05, 0) is 165 Å². The topological polar surface area (TPSA) is 491 Å². The molecule has 0 aromatic heterocycles. The molecule has 29 nitrogen and oxygen atoms in total. The van der Waals surface area contributed by atoms with Crippen molar-refractivity contribution in [3.63, 3.8) is 0 Å². The molecule has 0 radical (unpaired) electrons. The summed E-state index contributed by atoms with van der Waals surface area (Å²) in [6.07, 6.45) is 1.45. The van der Waals surface area contributed by atoms with E-state index in [4.69, 9.17) is 28.7 Å². The molecule has 5 aliphatic rings. The van der Waals surface area contributed by atoms with Crippen LogP contribution in [0.2, 0.25) is 0 Å². The van der Waals surface area contributed by atoms with Crippen molar-refractivity contribution in [3.05, 3.63) is 35.9 Å². The van der Waals surface area contributed by atoms with Crippen LogP contribution in [0.4, 0.5) is 0 Å². The Labute approximate surface area is 514 Å². The average Bonchev–Trinajstić information content (AvgIpc) is 0.864. The zero-order valence-electron chi connectivity index (χ0n) is 51.2. The van der Waals surface area contributed by atoms with Gasteiger partial charge in [0, 0.05) is 19.4 Å². The van der Waals surface area contributed by atoms with Gasteiger partial charge in [0.2, 0.25) is 65.0 Å². The quantitative estimate of drug-likeness (QED) is 0.0435. The van der Waals surface area contributed by atoms with E-state index in [-0.39, 0.29) is 102 Å². The summed E-state index contributed by atoms with van der Waals surface area (Å²) in [4.78, 5) is 155. The fourth-order valence-corrected chi connectivity index (χ4v) is 12.7. The average molecular weight is 1240 g/mol. The second-order valence-corrected chi connectivity index (χ2v) is 24.6. The summed E-state index contributed by atoms with van der Waals surface area (Å²) in [5, 5.41) is 50.2. The third-order valence-corrected chi connectivity index (χ3v) is 17.0. The van der Waals surface area contributed by atoms with Crippen molar-refractivity contribution in [1.82, 2.24) is 58.5 Å². The number of amides is 11. The van der Waals surface area contributed by atoms with Crippen LogP contribution in [-0.4, -0.2) is 187 Å². The van der Waals surface area contributed by atoms with E-state index in [1.54, 1.807) is 44.2 Å². The third-order valence-electron chi connectivity index (χ3n) is 17.0. The number of aliphatic hydroxyl groups is 2. The minimum Gasteiger partial charge on any atom is -0.391 e. The van der Waals surface area contributed by atoms with Crippen LogP contribution in [0, 0.1) is 35.5 Å². The zero-order chi connectivity index (χ0) is 64.8. The van der Waals surface area contributed by atoms with Crippen molar-refractivity contribution in [3.8, 4) is 0 Å². The maximum Gasteiger partial charge on any atom is 0.245 e. The molecule has 1 aromatic carbocycles. The van der Waals surface area contributed by atoms with Crippen molar-refractivity contribution in [1.29, 1.82) is 0 Å². The molecule has 6 rings (SSSR count). The molecule has 1 aromatic rings. The Morgan fingerprint density at radius 2 is 1.02 bits per heavy atom. The lowest BCUT2D eigenvalue weighted by Crippen LogP contribution is -2.62. The van der Waals surface area contributed by atoms with Crippen molar-refractivity contribution in [2.75, 3.05) is 39.3 Å². The lowest BCUT2D eigenvalue weighted by molar-refractivity contribution is -0.137. The van der Waals surface area contributed by atoms with Crippen molar-refractivity contribution >= 4 is 65.0 Å². The smallest absolute Gasteiger partial charge is 0.245 e. The first-order valence-electron chi connectivity index (χ1n) is 31.1. The number of rotatable bonds is 25. The predicted octanol–water partition coefficient (Wildman–Crippen LogP) is -5.39. The van der Waals surface area contributed by atoms with Crippen LogP contribution in [0.5, 0.6) is 0 Å². The first-order valence-corrected chi connectivity index (χ1v) is 31.1. The molecule has 4 saturated carbocycles. The van der Waals surface area contributed by atoms with Crippen molar-refractivity contribution < 1.29 is 63.0 Å². The highest BCUT2D eigenvalue weighted by atomic mass is 16.3. The van der Waals surface area contributed by atoms with Crippen LogP contribution in [0.15, 0.2) is 30.3 Å². The molecular weight excluding hydrogens is 1140 g/mol. The van der Waals surface area contributed by atoms with Crippen LogP contribution < -0.4 is 87.2 Å². The largest absolute Gasteiger partial charge is 0.391 e. The summed E-state index contributed by atoms with van der Waals surface area (Å²) in [5.41, 5.74) is 30.1. The zero-order valence-corrected chi connectivity index (χ0v) is 51.2. The van der Waals surface area contributed by atoms with Gasteiger partial charge in [-0.25, -0.2) is 0 Å². The van der Waals surface area contributed by atoms with Crippen LogP contribution >= 0.6 is 0 Å². The van der Waals surface area contributed by atoms with Crippen LogP contribution in [-0.2, 0) is 59.2 Å². The number of aliphatic hydroxyl groups excluding tert-OH is 2. The maximum atomic E-state index is 14.6. The highest BCUT2D eigenvalue weighted by Crippen LogP contribution is 2.57. The molecule has 23 N–H and O–H groups in total. The van der Waals surface area contributed by atoms with Crippen LogP contribution in [0.3, 0.4) is 0 Å². The number of nitrogens with two attached hydrogens (primary N) is 5. The maximum absolute atomic E-state index is 14.6. The third kappa shape index (κ3) is 21.4. The van der Waals surface area contributed by atoms with Gasteiger partial charge in [0.25, 0.3) is 0 Å². The molecule has 29 heteroatoms. The van der Waals surface area contributed by atoms with Gasteiger partial charge in [-0.1, -0.05) is 44.2 Å². The first kappa shape index (κ1) is 71.9. The molecule has 1 heterocycles. The summed E-state index contributed by atoms with van der Waals surface area (Å²) in [5.74, 6) is -7.26. The van der Waals surface area contributed by atoms with Gasteiger partial charge in [0.05, 0.1) is 12.2 Å². The SMILES string of the molecule is CC(C)C[C@@H]1NC(=O)[C@@H](Cc2ccccc2)NC(=O)[C@H](CCN)NC(=O)[C@@H](NC(=O)[C@H](CCN)NC(=O)[C@@H](NC(=O)[C@H](CCN)NC(=O)CC2C3CC4CC(C3)CC2C4)[C@@H](C)O)CCNC(=O)[C@H]([C@@H](C)O)NC(=O)[C@H](CCN)NC(=O)[C@H](CCN)NC1=O. The lowest BCUT2D eigenvalue weighted by atomic mass is 9.51. The second kappa shape index (κ2) is 35.3. The van der Waals surface area contributed by atoms with Gasteiger partial charge >= 0.3 is 0 Å². The lowest BCUT2D eigenvalue weighted by Gasteiger charge is -2.54. The number of benzene rings is 1. The number of carbonyl (C=O) groups excluding carboxylic acids is 11. The number of hydrogen-bond acceptors (Lipinski definition) is 18. The van der Waals surface area contributed by atoms with E-state index in [1.807, 2.05) is 0 Å². The molecule has 492 valence electrons. The molecule has 5 fully saturated rings. The van der Waals surface area contributed by atoms with Gasteiger partial charge in [0.15, 0.2) is 0 Å². The normalized spacial score (nSPS) is 28.4. The molecule has 0 unspecified atom stereocenters. The van der Waals surface area contributed by atoms with E-state index < -0.39 is 145 Å². The Morgan fingerprint density at radius 1 is 0.545 bits per heavy atom. The van der Waals surface area contributed by atoms with E-state index >= 15 is 0 Å². The number of carbonyl (C=O) groups is 11. The van der Waals surface area contributed by atoms with Gasteiger partial charge in [0.1, 0.15) is 60.4 Å². The Hall–Kier alpha value is -6.89. The fraction of sp³-hybridized carbons (Fsp3) is 0.712. The van der Waals surface area contributed by atoms with Gasteiger partial charge in [-0.15, -0.1) is 0 Å². The summed E-state index contributed by atoms with van der Waals surface area (Å²) >= 11 is 0. The van der Waals surface area contributed by atoms with E-state index in [0.717, 1.165) is 25.7 Å². The van der Waals surface area contributed by atoms with Gasteiger partial charge in [-0.3, -0.25) is 52.7 Å². The Bertz CT molecular complexity index is 2520. The molecular formula is C59H98N16O13. The van der Waals surface area contributed by atoms with Crippen molar-refractivity contribution in [2.45, 2.75) is 190 Å². The minimum atomic E-state index is -1.69. The molecule has 4 aliphatic carbocycles. The van der Waals surface area contributed by atoms with Crippen LogP contribution in [0.1, 0.15) is 117 Å². The van der Waals surface area contributed by atoms with E-state index in [9.17, 15) is 63.0 Å². The molecule has 12 atom stereocenters. The van der Waals surface area contributed by atoms with Crippen LogP contribution in [0.25, 0.3) is 0 Å². The van der Waals surface area contributed by atoms with E-state index in [0.29, 0.717) is 29.2 Å². The molecule has 1 saturated heterocycles. The Kier molecular flexibility index (Phi) is 28.9. The molecule has 11 amide bonds. The van der Waals surface area contributed by atoms with Gasteiger partial charge < -0.3 is 97.4 Å². The highest BCUT2D eigenvalue weighted by Gasteiger charge is 2.49. The summed E-state index contributed by atoms with van der Waals surface area (Å²) in [7, 11) is 0.